The van der Waals surface area contributed by atoms with Crippen LogP contribution in [0, 0.1) is 0 Å². The lowest BCUT2D eigenvalue weighted by molar-refractivity contribution is -0.0670. The first-order valence-corrected chi connectivity index (χ1v) is 6.18. The number of nitrogens with one attached hydrogen (secondary N) is 1. The van der Waals surface area contributed by atoms with E-state index in [1.165, 1.54) is 0 Å². The summed E-state index contributed by atoms with van der Waals surface area (Å²) in [6.45, 7) is 2.45. The predicted molar refractivity (Wildman–Crippen MR) is 70.6 cm³/mol. The number of nitrogens with zero attached hydrogens (tertiary/aromatic N) is 2. The molecule has 0 atom stereocenters. The Hall–Kier alpha value is -2.14. The zero-order chi connectivity index (χ0) is 13.5. The minimum Gasteiger partial charge on any atom is -0.386 e. The minimum atomic E-state index is -0.752. The molecular formula is C14H15N3O2. The van der Waals surface area contributed by atoms with Crippen molar-refractivity contribution in [2.24, 2.45) is 0 Å². The molecule has 0 spiro atoms. The van der Waals surface area contributed by atoms with Gasteiger partial charge in [-0.1, -0.05) is 30.3 Å². The van der Waals surface area contributed by atoms with E-state index in [0.717, 1.165) is 11.3 Å². The number of carbonyl (C=O) groups excluding carboxylic acids is 1. The van der Waals surface area contributed by atoms with Gasteiger partial charge < -0.3 is 10.0 Å². The number of β-amino-alcohol motifs (C(OH)–C–C–N with tert-alkyl or cyclic N) is 1. The van der Waals surface area contributed by atoms with Crippen molar-refractivity contribution in [3.8, 4) is 11.3 Å². The fourth-order valence-electron chi connectivity index (χ4n) is 2.28. The van der Waals surface area contributed by atoms with Crippen molar-refractivity contribution in [3.63, 3.8) is 0 Å². The predicted octanol–water partition coefficient (Wildman–Crippen LogP) is 1.28. The van der Waals surface area contributed by atoms with Crippen LogP contribution in [0.15, 0.2) is 36.4 Å². The van der Waals surface area contributed by atoms with Crippen LogP contribution < -0.4 is 0 Å². The Balaban J connectivity index is 1.77. The summed E-state index contributed by atoms with van der Waals surface area (Å²) in [4.78, 5) is 13.7. The number of H-pyrrole nitrogens is 1. The van der Waals surface area contributed by atoms with Crippen molar-refractivity contribution in [2.75, 3.05) is 13.1 Å². The minimum absolute atomic E-state index is 0.124. The van der Waals surface area contributed by atoms with Gasteiger partial charge in [0.05, 0.1) is 24.4 Å². The Morgan fingerprint density at radius 2 is 2.05 bits per heavy atom. The van der Waals surface area contributed by atoms with Gasteiger partial charge in [0.2, 0.25) is 0 Å². The summed E-state index contributed by atoms with van der Waals surface area (Å²) in [5.74, 6) is -0.124. The molecule has 1 aliphatic rings. The van der Waals surface area contributed by atoms with Gasteiger partial charge in [0, 0.05) is 5.56 Å². The highest BCUT2D eigenvalue weighted by Gasteiger charge is 2.40. The summed E-state index contributed by atoms with van der Waals surface area (Å²) in [5.41, 5.74) is 1.41. The van der Waals surface area contributed by atoms with Crippen molar-refractivity contribution in [1.29, 1.82) is 0 Å². The molecule has 1 aromatic carbocycles. The molecule has 1 aromatic heterocycles. The lowest BCUT2D eigenvalue weighted by Crippen LogP contribution is -2.61. The summed E-state index contributed by atoms with van der Waals surface area (Å²) < 4.78 is 0. The van der Waals surface area contributed by atoms with E-state index >= 15 is 0 Å². The highest BCUT2D eigenvalue weighted by molar-refractivity contribution is 5.94. The van der Waals surface area contributed by atoms with Crippen molar-refractivity contribution >= 4 is 5.91 Å². The van der Waals surface area contributed by atoms with Crippen LogP contribution in [-0.2, 0) is 0 Å². The van der Waals surface area contributed by atoms with Crippen LogP contribution in [0.3, 0.4) is 0 Å². The first kappa shape index (κ1) is 11.9. The topological polar surface area (TPSA) is 69.2 Å². The van der Waals surface area contributed by atoms with Crippen LogP contribution in [0.2, 0.25) is 0 Å². The van der Waals surface area contributed by atoms with Gasteiger partial charge in [-0.25, -0.2) is 0 Å². The van der Waals surface area contributed by atoms with Gasteiger partial charge in [0.1, 0.15) is 5.69 Å². The first-order valence-electron chi connectivity index (χ1n) is 6.18. The summed E-state index contributed by atoms with van der Waals surface area (Å²) in [6.07, 6.45) is 0. The fraction of sp³-hybridized carbons (Fsp3) is 0.286. The van der Waals surface area contributed by atoms with E-state index in [-0.39, 0.29) is 5.91 Å². The normalized spacial score (nSPS) is 17.1. The molecule has 2 heterocycles. The third-order valence-electron chi connectivity index (χ3n) is 3.23. The summed E-state index contributed by atoms with van der Waals surface area (Å²) in [7, 11) is 0. The van der Waals surface area contributed by atoms with Crippen molar-refractivity contribution in [1.82, 2.24) is 15.1 Å². The second-order valence-electron chi connectivity index (χ2n) is 5.19. The Morgan fingerprint density at radius 3 is 2.68 bits per heavy atom. The van der Waals surface area contributed by atoms with Crippen LogP contribution in [0.5, 0.6) is 0 Å². The highest BCUT2D eigenvalue weighted by atomic mass is 16.3. The molecule has 98 valence electrons. The SMILES string of the molecule is CC1(O)CN(C(=O)c2cc(-c3ccccc3)n[nH]2)C1. The monoisotopic (exact) mass is 257 g/mol. The zero-order valence-electron chi connectivity index (χ0n) is 10.6. The van der Waals surface area contributed by atoms with Gasteiger partial charge >= 0.3 is 0 Å². The Labute approximate surface area is 110 Å². The van der Waals surface area contributed by atoms with E-state index in [4.69, 9.17) is 0 Å². The summed E-state index contributed by atoms with van der Waals surface area (Å²) in [6, 6.07) is 11.4. The third kappa shape index (κ3) is 2.24. The number of aromatic amines is 1. The molecule has 1 aliphatic heterocycles. The van der Waals surface area contributed by atoms with E-state index in [9.17, 15) is 9.90 Å². The number of carbonyl (C=O) groups is 1. The zero-order valence-corrected chi connectivity index (χ0v) is 10.6. The molecule has 0 radical (unpaired) electrons. The largest absolute Gasteiger partial charge is 0.386 e. The number of aromatic nitrogens is 2. The molecule has 5 nitrogen and oxygen atoms in total. The number of rotatable bonds is 2. The quantitative estimate of drug-likeness (QED) is 0.851. The van der Waals surface area contributed by atoms with Crippen LogP contribution in [-0.4, -0.2) is 44.8 Å². The Bertz CT molecular complexity index is 596. The van der Waals surface area contributed by atoms with E-state index in [1.807, 2.05) is 30.3 Å². The van der Waals surface area contributed by atoms with Gasteiger partial charge in [-0.2, -0.15) is 5.10 Å². The second kappa shape index (κ2) is 4.20. The van der Waals surface area contributed by atoms with Crippen LogP contribution in [0.1, 0.15) is 17.4 Å². The van der Waals surface area contributed by atoms with Gasteiger partial charge in [-0.15, -0.1) is 0 Å². The molecule has 2 aromatic rings. The number of aliphatic hydroxyl groups is 1. The third-order valence-corrected chi connectivity index (χ3v) is 3.23. The highest BCUT2D eigenvalue weighted by Crippen LogP contribution is 2.23. The molecular weight excluding hydrogens is 242 g/mol. The maximum atomic E-state index is 12.1. The molecule has 1 saturated heterocycles. The van der Waals surface area contributed by atoms with E-state index in [2.05, 4.69) is 10.2 Å². The smallest absolute Gasteiger partial charge is 0.272 e. The average molecular weight is 257 g/mol. The maximum Gasteiger partial charge on any atom is 0.272 e. The van der Waals surface area contributed by atoms with E-state index < -0.39 is 5.60 Å². The Kier molecular flexibility index (Phi) is 2.64. The van der Waals surface area contributed by atoms with Gasteiger partial charge in [0.15, 0.2) is 0 Å². The fourth-order valence-corrected chi connectivity index (χ4v) is 2.28. The maximum absolute atomic E-state index is 12.1. The number of likely N-dealkylation sites (tertiary alicyclic amines) is 1. The van der Waals surface area contributed by atoms with Crippen molar-refractivity contribution in [2.45, 2.75) is 12.5 Å². The molecule has 2 N–H and O–H groups in total. The van der Waals surface area contributed by atoms with Crippen LogP contribution >= 0.6 is 0 Å². The number of amides is 1. The van der Waals surface area contributed by atoms with Crippen LogP contribution in [0.4, 0.5) is 0 Å². The van der Waals surface area contributed by atoms with Gasteiger partial charge in [0.25, 0.3) is 5.91 Å². The average Bonchev–Trinajstić information content (AvgIpc) is 2.85. The van der Waals surface area contributed by atoms with E-state index in [0.29, 0.717) is 18.8 Å². The molecule has 1 amide bonds. The molecule has 0 aliphatic carbocycles. The molecule has 0 unspecified atom stereocenters. The number of hydrogen-bond acceptors (Lipinski definition) is 3. The molecule has 0 saturated carbocycles. The van der Waals surface area contributed by atoms with Crippen molar-refractivity contribution in [3.05, 3.63) is 42.1 Å². The standard InChI is InChI=1S/C14H15N3O2/c1-14(19)8-17(9-14)13(18)12-7-11(15-16-12)10-5-3-2-4-6-10/h2-7,19H,8-9H2,1H3,(H,15,16). The summed E-state index contributed by atoms with van der Waals surface area (Å²) in [5, 5.41) is 16.6. The summed E-state index contributed by atoms with van der Waals surface area (Å²) >= 11 is 0. The van der Waals surface area contributed by atoms with Crippen molar-refractivity contribution < 1.29 is 9.90 Å². The van der Waals surface area contributed by atoms with Gasteiger partial charge in [-0.3, -0.25) is 9.89 Å². The lowest BCUT2D eigenvalue weighted by Gasteiger charge is -2.43. The first-order chi connectivity index (χ1) is 9.05. The molecule has 19 heavy (non-hydrogen) atoms. The molecule has 5 heteroatoms. The molecule has 0 bridgehead atoms. The second-order valence-corrected chi connectivity index (χ2v) is 5.19. The number of benzene rings is 1. The molecule has 1 fully saturated rings. The lowest BCUT2D eigenvalue weighted by atomic mass is 9.96. The molecule has 3 rings (SSSR count). The van der Waals surface area contributed by atoms with Gasteiger partial charge in [-0.05, 0) is 13.0 Å². The number of hydrogen-bond donors (Lipinski definition) is 2. The van der Waals surface area contributed by atoms with Crippen LogP contribution in [0.25, 0.3) is 11.3 Å². The van der Waals surface area contributed by atoms with E-state index in [1.54, 1.807) is 17.9 Å². The Morgan fingerprint density at radius 1 is 1.37 bits per heavy atom.